The van der Waals surface area contributed by atoms with Crippen molar-refractivity contribution in [3.05, 3.63) is 60.2 Å². The minimum Gasteiger partial charge on any atom is -0.496 e. The van der Waals surface area contributed by atoms with E-state index in [1.165, 1.54) is 0 Å². The number of hydrogen-bond acceptors (Lipinski definition) is 4. The molecule has 0 unspecified atom stereocenters. The highest BCUT2D eigenvalue weighted by Crippen LogP contribution is 2.27. The third kappa shape index (κ3) is 3.01. The summed E-state index contributed by atoms with van der Waals surface area (Å²) < 4.78 is 7.28. The van der Waals surface area contributed by atoms with Crippen molar-refractivity contribution in [2.24, 2.45) is 5.92 Å². The Labute approximate surface area is 156 Å². The molecule has 7 nitrogen and oxygen atoms in total. The number of fused-ring (bicyclic) bond motifs is 2. The summed E-state index contributed by atoms with van der Waals surface area (Å²) in [6.45, 7) is 4.09. The molecule has 0 aliphatic carbocycles. The molecule has 1 amide bonds. The van der Waals surface area contributed by atoms with Gasteiger partial charge in [0.2, 0.25) is 0 Å². The fraction of sp³-hybridized carbons (Fsp3) is 0.250. The van der Waals surface area contributed by atoms with Crippen LogP contribution >= 0.6 is 0 Å². The van der Waals surface area contributed by atoms with Gasteiger partial charge in [-0.3, -0.25) is 9.20 Å². The number of nitrogens with one attached hydrogen (secondary N) is 2. The lowest BCUT2D eigenvalue weighted by molar-refractivity contribution is 0.0918. The van der Waals surface area contributed by atoms with E-state index in [0.717, 1.165) is 22.3 Å². The number of pyridine rings is 1. The van der Waals surface area contributed by atoms with Crippen LogP contribution in [0.2, 0.25) is 0 Å². The van der Waals surface area contributed by atoms with E-state index in [4.69, 9.17) is 4.74 Å². The Morgan fingerprint density at radius 3 is 2.81 bits per heavy atom. The summed E-state index contributed by atoms with van der Waals surface area (Å²) in [6.07, 6.45) is 1.90. The van der Waals surface area contributed by atoms with E-state index in [1.54, 1.807) is 7.11 Å². The summed E-state index contributed by atoms with van der Waals surface area (Å²) in [4.78, 5) is 16.1. The molecule has 2 N–H and O–H groups in total. The Morgan fingerprint density at radius 2 is 2.04 bits per heavy atom. The maximum atomic E-state index is 12.9. The standard InChI is InChI=1S/C20H21N5O2/c1-12(2)18(19-24-23-17-9-4-5-10-25(17)19)22-20(26)15-11-13-14(21-15)7-6-8-16(13)27-3/h4-12,18,21H,1-3H3,(H,22,26)/t18-/m1/s1. The van der Waals surface area contributed by atoms with E-state index in [9.17, 15) is 4.79 Å². The minimum absolute atomic E-state index is 0.139. The van der Waals surface area contributed by atoms with Crippen LogP contribution in [0.5, 0.6) is 5.75 Å². The van der Waals surface area contributed by atoms with Crippen LogP contribution < -0.4 is 10.1 Å². The molecule has 0 spiro atoms. The second-order valence-corrected chi connectivity index (χ2v) is 6.79. The Bertz CT molecular complexity index is 1110. The molecule has 3 aromatic heterocycles. The summed E-state index contributed by atoms with van der Waals surface area (Å²) >= 11 is 0. The molecule has 0 saturated carbocycles. The van der Waals surface area contributed by atoms with Crippen LogP contribution in [-0.4, -0.2) is 32.6 Å². The van der Waals surface area contributed by atoms with Gasteiger partial charge < -0.3 is 15.0 Å². The lowest BCUT2D eigenvalue weighted by atomic mass is 10.0. The van der Waals surface area contributed by atoms with E-state index >= 15 is 0 Å². The molecule has 0 aliphatic rings. The molecule has 1 atom stereocenters. The predicted octanol–water partition coefficient (Wildman–Crippen LogP) is 3.35. The average Bonchev–Trinajstić information content (AvgIpc) is 3.29. The Hall–Kier alpha value is -3.35. The lowest BCUT2D eigenvalue weighted by Gasteiger charge is -2.20. The smallest absolute Gasteiger partial charge is 0.268 e. The molecule has 3 heterocycles. The normalized spacial score (nSPS) is 12.6. The number of benzene rings is 1. The van der Waals surface area contributed by atoms with Crippen molar-refractivity contribution < 1.29 is 9.53 Å². The maximum Gasteiger partial charge on any atom is 0.268 e. The monoisotopic (exact) mass is 363 g/mol. The summed E-state index contributed by atoms with van der Waals surface area (Å²) in [5.41, 5.74) is 2.09. The fourth-order valence-electron chi connectivity index (χ4n) is 3.25. The zero-order valence-corrected chi connectivity index (χ0v) is 15.4. The summed E-state index contributed by atoms with van der Waals surface area (Å²) in [6, 6.07) is 12.9. The number of ether oxygens (including phenoxy) is 1. The van der Waals surface area contributed by atoms with Gasteiger partial charge in [-0.15, -0.1) is 10.2 Å². The second kappa shape index (κ2) is 6.75. The van der Waals surface area contributed by atoms with Crippen molar-refractivity contribution in [2.75, 3.05) is 7.11 Å². The number of nitrogens with zero attached hydrogens (tertiary/aromatic N) is 3. The van der Waals surface area contributed by atoms with Gasteiger partial charge in [0.05, 0.1) is 13.2 Å². The summed E-state index contributed by atoms with van der Waals surface area (Å²) in [5.74, 6) is 1.38. The number of carbonyl (C=O) groups excluding carboxylic acids is 1. The summed E-state index contributed by atoms with van der Waals surface area (Å²) in [7, 11) is 1.62. The first kappa shape index (κ1) is 17.1. The molecule has 4 aromatic rings. The van der Waals surface area contributed by atoms with Crippen LogP contribution in [0.3, 0.4) is 0 Å². The van der Waals surface area contributed by atoms with Gasteiger partial charge >= 0.3 is 0 Å². The molecule has 0 radical (unpaired) electrons. The van der Waals surface area contributed by atoms with Crippen LogP contribution in [0.15, 0.2) is 48.7 Å². The van der Waals surface area contributed by atoms with Crippen molar-refractivity contribution in [2.45, 2.75) is 19.9 Å². The average molecular weight is 363 g/mol. The zero-order chi connectivity index (χ0) is 19.0. The number of carbonyl (C=O) groups is 1. The zero-order valence-electron chi connectivity index (χ0n) is 15.4. The van der Waals surface area contributed by atoms with Crippen LogP contribution in [0.25, 0.3) is 16.6 Å². The SMILES string of the molecule is COc1cccc2[nH]c(C(=O)N[C@@H](c3nnc4ccccn34)C(C)C)cc12. The third-order valence-electron chi connectivity index (χ3n) is 4.66. The first-order chi connectivity index (χ1) is 13.1. The van der Waals surface area contributed by atoms with Crippen LogP contribution in [0.1, 0.15) is 36.2 Å². The number of hydrogen-bond donors (Lipinski definition) is 2. The topological polar surface area (TPSA) is 84.3 Å². The van der Waals surface area contributed by atoms with Crippen LogP contribution in [-0.2, 0) is 0 Å². The highest BCUT2D eigenvalue weighted by Gasteiger charge is 2.25. The predicted molar refractivity (Wildman–Crippen MR) is 103 cm³/mol. The van der Waals surface area contributed by atoms with Gasteiger partial charge in [0.1, 0.15) is 11.4 Å². The molecule has 138 valence electrons. The fourth-order valence-corrected chi connectivity index (χ4v) is 3.25. The van der Waals surface area contributed by atoms with Gasteiger partial charge in [-0.25, -0.2) is 0 Å². The number of rotatable bonds is 5. The van der Waals surface area contributed by atoms with Crippen molar-refractivity contribution in [3.8, 4) is 5.75 Å². The highest BCUT2D eigenvalue weighted by molar-refractivity contribution is 5.99. The second-order valence-electron chi connectivity index (χ2n) is 6.79. The maximum absolute atomic E-state index is 12.9. The third-order valence-corrected chi connectivity index (χ3v) is 4.66. The Morgan fingerprint density at radius 1 is 1.19 bits per heavy atom. The molecule has 0 bridgehead atoms. The molecule has 1 aromatic carbocycles. The number of aromatic amines is 1. The van der Waals surface area contributed by atoms with E-state index < -0.39 is 0 Å². The Balaban J connectivity index is 1.67. The number of amides is 1. The minimum atomic E-state index is -0.275. The number of aromatic nitrogens is 4. The molecule has 7 heteroatoms. The van der Waals surface area contributed by atoms with Gasteiger partial charge in [-0.1, -0.05) is 26.0 Å². The van der Waals surface area contributed by atoms with Gasteiger partial charge in [0.25, 0.3) is 5.91 Å². The van der Waals surface area contributed by atoms with Crippen molar-refractivity contribution in [1.82, 2.24) is 24.9 Å². The molecule has 0 aliphatic heterocycles. The van der Waals surface area contributed by atoms with Gasteiger partial charge in [-0.2, -0.15) is 0 Å². The number of methoxy groups -OCH3 is 1. The van der Waals surface area contributed by atoms with E-state index in [1.807, 2.05) is 66.9 Å². The number of H-pyrrole nitrogens is 1. The van der Waals surface area contributed by atoms with Gasteiger partial charge in [0.15, 0.2) is 11.5 Å². The van der Waals surface area contributed by atoms with Crippen molar-refractivity contribution >= 4 is 22.5 Å². The quantitative estimate of drug-likeness (QED) is 0.569. The summed E-state index contributed by atoms with van der Waals surface area (Å²) in [5, 5.41) is 12.5. The van der Waals surface area contributed by atoms with E-state index in [-0.39, 0.29) is 17.9 Å². The highest BCUT2D eigenvalue weighted by atomic mass is 16.5. The largest absolute Gasteiger partial charge is 0.496 e. The van der Waals surface area contributed by atoms with Crippen LogP contribution in [0, 0.1) is 5.92 Å². The van der Waals surface area contributed by atoms with E-state index in [2.05, 4.69) is 20.5 Å². The molecule has 27 heavy (non-hydrogen) atoms. The molecular weight excluding hydrogens is 342 g/mol. The Kier molecular flexibility index (Phi) is 4.27. The molecule has 0 saturated heterocycles. The molecule has 0 fully saturated rings. The molecule has 4 rings (SSSR count). The molecular formula is C20H21N5O2. The van der Waals surface area contributed by atoms with Crippen molar-refractivity contribution in [3.63, 3.8) is 0 Å². The van der Waals surface area contributed by atoms with Crippen molar-refractivity contribution in [1.29, 1.82) is 0 Å². The first-order valence-electron chi connectivity index (χ1n) is 8.84. The lowest BCUT2D eigenvalue weighted by Crippen LogP contribution is -2.33. The van der Waals surface area contributed by atoms with E-state index in [0.29, 0.717) is 11.5 Å². The van der Waals surface area contributed by atoms with Gasteiger partial charge in [0, 0.05) is 17.1 Å². The first-order valence-corrected chi connectivity index (χ1v) is 8.84. The van der Waals surface area contributed by atoms with Gasteiger partial charge in [-0.05, 0) is 36.2 Å². The van der Waals surface area contributed by atoms with Crippen LogP contribution in [0.4, 0.5) is 0 Å².